The molecule has 1 aromatic rings. The largest absolute Gasteiger partial charge is 0.462 e. The molecular formula is C17H29N3O4. The molecule has 1 aromatic heterocycles. The number of aromatic nitrogens is 1. The summed E-state index contributed by atoms with van der Waals surface area (Å²) in [5.41, 5.74) is 2.41. The molecule has 1 aliphatic heterocycles. The van der Waals surface area contributed by atoms with Crippen LogP contribution in [0.5, 0.6) is 0 Å². The zero-order valence-corrected chi connectivity index (χ0v) is 14.6. The Balaban J connectivity index is 1.71. The Bertz CT molecular complexity index is 512. The minimum absolute atomic E-state index is 0.279. The molecular weight excluding hydrogens is 310 g/mol. The van der Waals surface area contributed by atoms with E-state index in [0.29, 0.717) is 38.2 Å². The molecule has 1 saturated heterocycles. The molecule has 1 aliphatic rings. The normalized spacial score (nSPS) is 17.0. The monoisotopic (exact) mass is 339 g/mol. The maximum absolute atomic E-state index is 12.0. The van der Waals surface area contributed by atoms with Gasteiger partial charge < -0.3 is 24.9 Å². The maximum atomic E-state index is 12.0. The molecule has 0 aliphatic carbocycles. The first-order valence-electron chi connectivity index (χ1n) is 8.64. The highest BCUT2D eigenvalue weighted by atomic mass is 16.5. The lowest BCUT2D eigenvalue weighted by Crippen LogP contribution is -2.44. The van der Waals surface area contributed by atoms with Gasteiger partial charge in [0.15, 0.2) is 0 Å². The summed E-state index contributed by atoms with van der Waals surface area (Å²) >= 11 is 0. The first kappa shape index (κ1) is 18.9. The molecule has 24 heavy (non-hydrogen) atoms. The van der Waals surface area contributed by atoms with Crippen LogP contribution < -0.4 is 5.32 Å². The van der Waals surface area contributed by atoms with E-state index < -0.39 is 6.10 Å². The predicted octanol–water partition coefficient (Wildman–Crippen LogP) is 0.325. The van der Waals surface area contributed by atoms with Gasteiger partial charge in [0.05, 0.1) is 31.5 Å². The first-order chi connectivity index (χ1) is 11.6. The Morgan fingerprint density at radius 2 is 2.25 bits per heavy atom. The van der Waals surface area contributed by atoms with Gasteiger partial charge in [-0.15, -0.1) is 0 Å². The molecule has 2 heterocycles. The molecule has 1 atom stereocenters. The van der Waals surface area contributed by atoms with Crippen molar-refractivity contribution >= 4 is 5.97 Å². The number of esters is 1. The summed E-state index contributed by atoms with van der Waals surface area (Å²) in [6.45, 7) is 9.18. The van der Waals surface area contributed by atoms with Crippen molar-refractivity contribution in [2.45, 2.75) is 26.4 Å². The highest BCUT2D eigenvalue weighted by molar-refractivity contribution is 5.92. The van der Waals surface area contributed by atoms with Gasteiger partial charge in [-0.3, -0.25) is 4.90 Å². The van der Waals surface area contributed by atoms with Crippen LogP contribution >= 0.6 is 0 Å². The second-order valence-corrected chi connectivity index (χ2v) is 6.07. The number of aryl methyl sites for hydroxylation is 1. The van der Waals surface area contributed by atoms with Crippen LogP contribution in [0.3, 0.4) is 0 Å². The average Bonchev–Trinajstić information content (AvgIpc) is 2.93. The fourth-order valence-corrected chi connectivity index (χ4v) is 2.89. The lowest BCUT2D eigenvalue weighted by Gasteiger charge is -2.28. The summed E-state index contributed by atoms with van der Waals surface area (Å²) in [4.78, 5) is 17.3. The Kier molecular flexibility index (Phi) is 7.71. The SMILES string of the molecule is CCOC(=O)c1c(C)c[nH]c1CCNCC(O)CN1CCOCC1. The molecule has 3 N–H and O–H groups in total. The van der Waals surface area contributed by atoms with Crippen LogP contribution in [0.1, 0.15) is 28.5 Å². The molecule has 136 valence electrons. The van der Waals surface area contributed by atoms with Gasteiger partial charge in [0, 0.05) is 51.0 Å². The topological polar surface area (TPSA) is 86.8 Å². The van der Waals surface area contributed by atoms with Crippen molar-refractivity contribution in [2.24, 2.45) is 0 Å². The van der Waals surface area contributed by atoms with E-state index in [4.69, 9.17) is 9.47 Å². The van der Waals surface area contributed by atoms with Crippen molar-refractivity contribution in [3.05, 3.63) is 23.0 Å². The third-order valence-electron chi connectivity index (χ3n) is 4.14. The minimum atomic E-state index is -0.405. The number of H-pyrrole nitrogens is 1. The number of aromatic amines is 1. The number of aliphatic hydroxyl groups is 1. The van der Waals surface area contributed by atoms with E-state index >= 15 is 0 Å². The molecule has 0 radical (unpaired) electrons. The van der Waals surface area contributed by atoms with Crippen LogP contribution in [-0.4, -0.2) is 79.6 Å². The number of carbonyl (C=O) groups excluding carboxylic acids is 1. The van der Waals surface area contributed by atoms with E-state index in [9.17, 15) is 9.90 Å². The summed E-state index contributed by atoms with van der Waals surface area (Å²) in [6, 6.07) is 0. The maximum Gasteiger partial charge on any atom is 0.340 e. The van der Waals surface area contributed by atoms with Gasteiger partial charge in [0.2, 0.25) is 0 Å². The number of β-amino-alcohol motifs (C(OH)–C–C–N with tert-alkyl or cyclic N) is 1. The molecule has 0 amide bonds. The van der Waals surface area contributed by atoms with Gasteiger partial charge >= 0.3 is 5.97 Å². The lowest BCUT2D eigenvalue weighted by atomic mass is 10.1. The van der Waals surface area contributed by atoms with Crippen LogP contribution in [0.25, 0.3) is 0 Å². The zero-order chi connectivity index (χ0) is 17.4. The molecule has 2 rings (SSSR count). The molecule has 0 spiro atoms. The number of nitrogens with one attached hydrogen (secondary N) is 2. The molecule has 1 unspecified atom stereocenters. The average molecular weight is 339 g/mol. The Hall–Kier alpha value is -1.41. The summed E-state index contributed by atoms with van der Waals surface area (Å²) in [6.07, 6.45) is 2.11. The standard InChI is InChI=1S/C17H29N3O4/c1-3-24-17(22)16-13(2)10-19-15(16)4-5-18-11-14(21)12-20-6-8-23-9-7-20/h10,14,18-19,21H,3-9,11-12H2,1-2H3. The molecule has 7 nitrogen and oxygen atoms in total. The molecule has 0 saturated carbocycles. The van der Waals surface area contributed by atoms with Crippen molar-refractivity contribution in [1.82, 2.24) is 15.2 Å². The minimum Gasteiger partial charge on any atom is -0.462 e. The number of hydrogen-bond acceptors (Lipinski definition) is 6. The second kappa shape index (κ2) is 9.78. The van der Waals surface area contributed by atoms with E-state index in [0.717, 1.165) is 37.6 Å². The van der Waals surface area contributed by atoms with Crippen molar-refractivity contribution in [1.29, 1.82) is 0 Å². The molecule has 0 aromatic carbocycles. The van der Waals surface area contributed by atoms with Crippen molar-refractivity contribution < 1.29 is 19.4 Å². The second-order valence-electron chi connectivity index (χ2n) is 6.07. The highest BCUT2D eigenvalue weighted by Crippen LogP contribution is 2.15. The fourth-order valence-electron chi connectivity index (χ4n) is 2.89. The van der Waals surface area contributed by atoms with E-state index in [1.807, 2.05) is 13.1 Å². The lowest BCUT2D eigenvalue weighted by molar-refractivity contribution is 0.0150. The third-order valence-corrected chi connectivity index (χ3v) is 4.14. The van der Waals surface area contributed by atoms with Gasteiger partial charge in [-0.2, -0.15) is 0 Å². The Labute approximate surface area is 143 Å². The van der Waals surface area contributed by atoms with Crippen LogP contribution in [-0.2, 0) is 15.9 Å². The third kappa shape index (κ3) is 5.59. The van der Waals surface area contributed by atoms with Gasteiger partial charge in [-0.25, -0.2) is 4.79 Å². The number of hydrogen-bond donors (Lipinski definition) is 3. The van der Waals surface area contributed by atoms with E-state index in [-0.39, 0.29) is 5.97 Å². The number of rotatable bonds is 9. The van der Waals surface area contributed by atoms with Gasteiger partial charge in [0.1, 0.15) is 0 Å². The Morgan fingerprint density at radius 3 is 2.96 bits per heavy atom. The van der Waals surface area contributed by atoms with Crippen LogP contribution in [0.4, 0.5) is 0 Å². The molecule has 1 fully saturated rings. The Morgan fingerprint density at radius 1 is 1.50 bits per heavy atom. The summed E-state index contributed by atoms with van der Waals surface area (Å²) in [5.74, 6) is -0.279. The van der Waals surface area contributed by atoms with Crippen LogP contribution in [0.15, 0.2) is 6.20 Å². The number of ether oxygens (including phenoxy) is 2. The van der Waals surface area contributed by atoms with Crippen molar-refractivity contribution in [3.8, 4) is 0 Å². The zero-order valence-electron chi connectivity index (χ0n) is 14.6. The predicted molar refractivity (Wildman–Crippen MR) is 91.3 cm³/mol. The van der Waals surface area contributed by atoms with Crippen LogP contribution in [0, 0.1) is 6.92 Å². The summed E-state index contributed by atoms with van der Waals surface area (Å²) in [5, 5.41) is 13.3. The van der Waals surface area contributed by atoms with Gasteiger partial charge in [0.25, 0.3) is 0 Å². The quantitative estimate of drug-likeness (QED) is 0.444. The molecule has 7 heteroatoms. The summed E-state index contributed by atoms with van der Waals surface area (Å²) in [7, 11) is 0. The number of nitrogens with zero attached hydrogens (tertiary/aromatic N) is 1. The van der Waals surface area contributed by atoms with Gasteiger partial charge in [-0.1, -0.05) is 0 Å². The van der Waals surface area contributed by atoms with Crippen LogP contribution in [0.2, 0.25) is 0 Å². The van der Waals surface area contributed by atoms with Crippen molar-refractivity contribution in [3.63, 3.8) is 0 Å². The van der Waals surface area contributed by atoms with Gasteiger partial charge in [-0.05, 0) is 19.4 Å². The fraction of sp³-hybridized carbons (Fsp3) is 0.706. The number of morpholine rings is 1. The first-order valence-corrected chi connectivity index (χ1v) is 8.64. The van der Waals surface area contributed by atoms with E-state index in [1.54, 1.807) is 6.92 Å². The van der Waals surface area contributed by atoms with E-state index in [1.165, 1.54) is 0 Å². The number of carbonyl (C=O) groups is 1. The number of aliphatic hydroxyl groups excluding tert-OH is 1. The van der Waals surface area contributed by atoms with E-state index in [2.05, 4.69) is 15.2 Å². The summed E-state index contributed by atoms with van der Waals surface area (Å²) < 4.78 is 10.4. The highest BCUT2D eigenvalue weighted by Gasteiger charge is 2.17. The van der Waals surface area contributed by atoms with Crippen molar-refractivity contribution in [2.75, 3.05) is 52.5 Å². The smallest absolute Gasteiger partial charge is 0.340 e. The molecule has 0 bridgehead atoms.